The van der Waals surface area contributed by atoms with E-state index in [1.165, 1.54) is 18.2 Å². The van der Waals surface area contributed by atoms with E-state index in [0.29, 0.717) is 24.6 Å². The predicted octanol–water partition coefficient (Wildman–Crippen LogP) is 4.95. The van der Waals surface area contributed by atoms with E-state index in [4.69, 9.17) is 11.4 Å². The molecule has 0 amide bonds. The van der Waals surface area contributed by atoms with Crippen molar-refractivity contribution in [1.82, 2.24) is 34.9 Å². The van der Waals surface area contributed by atoms with Crippen LogP contribution in [0.25, 0.3) is 17.2 Å². The second kappa shape index (κ2) is 8.51. The van der Waals surface area contributed by atoms with Gasteiger partial charge in [-0.15, -0.1) is 22.5 Å². The molecule has 0 saturated heterocycles. The van der Waals surface area contributed by atoms with Gasteiger partial charge in [-0.3, -0.25) is 0 Å². The number of halogens is 2. The summed E-state index contributed by atoms with van der Waals surface area (Å²) in [4.78, 5) is 13.8. The van der Waals surface area contributed by atoms with E-state index >= 15 is 0 Å². The van der Waals surface area contributed by atoms with Crippen LogP contribution in [0.4, 0.5) is 8.78 Å². The van der Waals surface area contributed by atoms with Crippen LogP contribution < -0.4 is 0 Å². The lowest BCUT2D eigenvalue weighted by Gasteiger charge is -2.37. The van der Waals surface area contributed by atoms with Gasteiger partial charge in [0.1, 0.15) is 18.0 Å². The molecule has 1 fully saturated rings. The Morgan fingerprint density at radius 3 is 2.73 bits per heavy atom. The van der Waals surface area contributed by atoms with Crippen LogP contribution in [0, 0.1) is 29.4 Å². The number of nitrogens with zero attached hydrogens (tertiary/aromatic N) is 7. The second-order valence-corrected chi connectivity index (χ2v) is 10.3. The van der Waals surface area contributed by atoms with E-state index in [-0.39, 0.29) is 22.6 Å². The average Bonchev–Trinajstić information content (AvgIpc) is 3.52. The molecule has 7 nitrogen and oxygen atoms in total. The van der Waals surface area contributed by atoms with Gasteiger partial charge >= 0.3 is 0 Å². The molecule has 2 atom stereocenters. The summed E-state index contributed by atoms with van der Waals surface area (Å²) in [7, 11) is 0. The Hall–Kier alpha value is -4.06. The highest BCUT2D eigenvalue weighted by molar-refractivity contribution is 5.64. The second-order valence-electron chi connectivity index (χ2n) is 10.3. The Bertz CT molecular complexity index is 1530. The molecule has 2 aliphatic carbocycles. The van der Waals surface area contributed by atoms with Gasteiger partial charge in [0.15, 0.2) is 5.82 Å². The Balaban J connectivity index is 1.42. The third-order valence-corrected chi connectivity index (χ3v) is 8.15. The summed E-state index contributed by atoms with van der Waals surface area (Å²) in [6.07, 6.45) is 12.6. The van der Waals surface area contributed by atoms with E-state index in [0.717, 1.165) is 36.2 Å². The van der Waals surface area contributed by atoms with Crippen LogP contribution in [0.3, 0.4) is 0 Å². The van der Waals surface area contributed by atoms with Crippen LogP contribution in [0.15, 0.2) is 42.9 Å². The Morgan fingerprint density at radius 1 is 1.14 bits per heavy atom. The minimum Gasteiger partial charge on any atom is -0.220 e. The molecule has 0 radical (unpaired) electrons. The summed E-state index contributed by atoms with van der Waals surface area (Å²) in [5.74, 6) is 2.58. The van der Waals surface area contributed by atoms with Gasteiger partial charge in [0.05, 0.1) is 28.1 Å². The van der Waals surface area contributed by atoms with Crippen LogP contribution in [0.2, 0.25) is 0 Å². The van der Waals surface area contributed by atoms with Gasteiger partial charge < -0.3 is 0 Å². The first-order chi connectivity index (χ1) is 17.9. The van der Waals surface area contributed by atoms with Crippen molar-refractivity contribution in [3.05, 3.63) is 77.3 Å². The standard InChI is InChI=1S/C28H25F2N7/c1-4-5-6-10-23-32-16-37(36-23)26-31-14-12-22(33-26)28-13-11-18(27(28,2)3)17-15-21(34-35-25(17)28)24-19(29)8-7-9-20(24)30/h1,7-9,12,14-16,18H,5-6,10-11,13H2,2-3H3/t18-,28-/m0/s1. The lowest BCUT2D eigenvalue weighted by Crippen LogP contribution is -2.38. The topological polar surface area (TPSA) is 82.3 Å². The van der Waals surface area contributed by atoms with Gasteiger partial charge in [0, 0.05) is 19.0 Å². The first-order valence-electron chi connectivity index (χ1n) is 12.4. The van der Waals surface area contributed by atoms with E-state index < -0.39 is 17.0 Å². The fourth-order valence-corrected chi connectivity index (χ4v) is 6.31. The van der Waals surface area contributed by atoms with Gasteiger partial charge in [-0.25, -0.2) is 23.7 Å². The van der Waals surface area contributed by atoms with Crippen molar-refractivity contribution in [2.45, 2.75) is 57.3 Å². The molecular weight excluding hydrogens is 472 g/mol. The minimum absolute atomic E-state index is 0.152. The molecule has 2 aliphatic rings. The molecule has 6 rings (SSSR count). The first kappa shape index (κ1) is 23.3. The van der Waals surface area contributed by atoms with E-state index in [2.05, 4.69) is 45.0 Å². The van der Waals surface area contributed by atoms with Crippen LogP contribution >= 0.6 is 0 Å². The zero-order valence-electron chi connectivity index (χ0n) is 20.6. The predicted molar refractivity (Wildman–Crippen MR) is 133 cm³/mol. The highest BCUT2D eigenvalue weighted by Crippen LogP contribution is 2.69. The van der Waals surface area contributed by atoms with Crippen LogP contribution in [-0.2, 0) is 11.8 Å². The SMILES string of the molecule is C#CCCCc1ncn(-c2nccc([C@@]34CC[C@@H](c5cc(-c6c(F)cccc6F)nnc53)C4(C)C)n2)n1. The van der Waals surface area contributed by atoms with E-state index in [1.807, 2.05) is 6.07 Å². The normalized spacial score (nSPS) is 21.1. The first-order valence-corrected chi connectivity index (χ1v) is 12.4. The van der Waals surface area contributed by atoms with Crippen LogP contribution in [0.1, 0.15) is 68.2 Å². The molecule has 1 aromatic carbocycles. The highest BCUT2D eigenvalue weighted by atomic mass is 19.1. The average molecular weight is 498 g/mol. The van der Waals surface area contributed by atoms with Crippen molar-refractivity contribution in [3.63, 3.8) is 0 Å². The zero-order chi connectivity index (χ0) is 25.8. The molecule has 0 spiro atoms. The molecule has 4 aromatic rings. The Labute approximate surface area is 213 Å². The van der Waals surface area contributed by atoms with Crippen LogP contribution in [-0.4, -0.2) is 34.9 Å². The summed E-state index contributed by atoms with van der Waals surface area (Å²) < 4.78 is 30.6. The molecule has 186 valence electrons. The lowest BCUT2D eigenvalue weighted by atomic mass is 9.66. The smallest absolute Gasteiger partial charge is 0.220 e. The van der Waals surface area contributed by atoms with E-state index in [1.54, 1.807) is 23.3 Å². The van der Waals surface area contributed by atoms with Gasteiger partial charge in [-0.05, 0) is 60.4 Å². The summed E-state index contributed by atoms with van der Waals surface area (Å²) in [5, 5.41) is 13.4. The van der Waals surface area contributed by atoms with Gasteiger partial charge in [0.2, 0.25) is 0 Å². The Morgan fingerprint density at radius 2 is 1.95 bits per heavy atom. The molecule has 3 aromatic heterocycles. The van der Waals surface area contributed by atoms with Crippen LogP contribution in [0.5, 0.6) is 0 Å². The summed E-state index contributed by atoms with van der Waals surface area (Å²) in [5.41, 5.74) is 1.91. The molecule has 1 saturated carbocycles. The maximum Gasteiger partial charge on any atom is 0.252 e. The van der Waals surface area contributed by atoms with E-state index in [9.17, 15) is 8.78 Å². The maximum atomic E-state index is 14.5. The van der Waals surface area contributed by atoms with Crippen molar-refractivity contribution in [3.8, 4) is 29.5 Å². The highest BCUT2D eigenvalue weighted by Gasteiger charge is 2.65. The monoisotopic (exact) mass is 497 g/mol. The number of hydrogen-bond donors (Lipinski definition) is 0. The quantitative estimate of drug-likeness (QED) is 0.277. The zero-order valence-corrected chi connectivity index (χ0v) is 20.6. The molecular formula is C28H25F2N7. The molecule has 9 heteroatoms. The van der Waals surface area contributed by atoms with Crippen molar-refractivity contribution >= 4 is 0 Å². The number of benzene rings is 1. The number of aryl methyl sites for hydroxylation is 1. The summed E-state index contributed by atoms with van der Waals surface area (Å²) in [6, 6.07) is 7.53. The Kier molecular flexibility index (Phi) is 5.37. The van der Waals surface area contributed by atoms with Gasteiger partial charge in [0.25, 0.3) is 5.95 Å². The van der Waals surface area contributed by atoms with Crippen molar-refractivity contribution in [1.29, 1.82) is 0 Å². The van der Waals surface area contributed by atoms with Crippen molar-refractivity contribution in [2.24, 2.45) is 5.41 Å². The number of aromatic nitrogens is 7. The molecule has 2 bridgehead atoms. The van der Waals surface area contributed by atoms with Gasteiger partial charge in [-0.1, -0.05) is 19.9 Å². The maximum absolute atomic E-state index is 14.5. The summed E-state index contributed by atoms with van der Waals surface area (Å²) >= 11 is 0. The fourth-order valence-electron chi connectivity index (χ4n) is 6.31. The third kappa shape index (κ3) is 3.39. The molecule has 0 N–H and O–H groups in total. The van der Waals surface area contributed by atoms with Crippen molar-refractivity contribution < 1.29 is 8.78 Å². The fraction of sp³-hybridized carbons (Fsp3) is 0.357. The molecule has 0 unspecified atom stereocenters. The number of unbranched alkanes of at least 4 members (excludes halogenated alkanes) is 1. The third-order valence-electron chi connectivity index (χ3n) is 8.15. The van der Waals surface area contributed by atoms with Crippen molar-refractivity contribution in [2.75, 3.05) is 0 Å². The molecule has 37 heavy (non-hydrogen) atoms. The molecule has 0 aliphatic heterocycles. The van der Waals surface area contributed by atoms with Gasteiger partial charge in [-0.2, -0.15) is 9.78 Å². The molecule has 3 heterocycles. The number of terminal acetylenes is 1. The lowest BCUT2D eigenvalue weighted by molar-refractivity contribution is 0.242. The number of rotatable bonds is 6. The summed E-state index contributed by atoms with van der Waals surface area (Å²) in [6.45, 7) is 4.41. The minimum atomic E-state index is -0.654. The number of fused-ring (bicyclic) bond motifs is 5. The number of hydrogen-bond acceptors (Lipinski definition) is 6. The largest absolute Gasteiger partial charge is 0.252 e.